The Morgan fingerprint density at radius 1 is 1.50 bits per heavy atom. The third-order valence-electron chi connectivity index (χ3n) is 2.67. The molecule has 18 heavy (non-hydrogen) atoms. The highest BCUT2D eigenvalue weighted by Crippen LogP contribution is 2.18. The summed E-state index contributed by atoms with van der Waals surface area (Å²) in [6, 6.07) is 1.38. The monoisotopic (exact) mass is 273 g/mol. The maximum absolute atomic E-state index is 12.5. The van der Waals surface area contributed by atoms with Crippen LogP contribution >= 0.6 is 12.2 Å². The van der Waals surface area contributed by atoms with Gasteiger partial charge in [-0.25, -0.2) is 8.78 Å². The molecule has 2 rings (SSSR count). The average molecular weight is 273 g/mol. The first-order valence-electron chi connectivity index (χ1n) is 5.49. The van der Waals surface area contributed by atoms with Gasteiger partial charge >= 0.3 is 0 Å². The number of nitrogens with zero attached hydrogens (tertiary/aromatic N) is 4. The highest BCUT2D eigenvalue weighted by atomic mass is 32.1. The van der Waals surface area contributed by atoms with E-state index in [9.17, 15) is 8.78 Å². The largest absolute Gasteiger partial charge is 0.303 e. The number of alkyl halides is 2. The van der Waals surface area contributed by atoms with Crippen LogP contribution in [-0.4, -0.2) is 24.5 Å². The summed E-state index contributed by atoms with van der Waals surface area (Å²) in [5.41, 5.74) is 0.451. The van der Waals surface area contributed by atoms with Crippen LogP contribution < -0.4 is 0 Å². The van der Waals surface area contributed by atoms with Crippen LogP contribution in [0, 0.1) is 11.7 Å². The van der Waals surface area contributed by atoms with Crippen molar-refractivity contribution in [3.63, 3.8) is 0 Å². The molecule has 0 radical (unpaired) electrons. The summed E-state index contributed by atoms with van der Waals surface area (Å²) in [6.07, 6.45) is -2.56. The first-order valence-corrected chi connectivity index (χ1v) is 5.90. The van der Waals surface area contributed by atoms with Gasteiger partial charge in [-0.3, -0.25) is 9.78 Å². The number of halogens is 2. The summed E-state index contributed by atoms with van der Waals surface area (Å²) in [6.45, 7) is 4.66. The molecular formula is C10H13F2N5S. The van der Waals surface area contributed by atoms with E-state index in [1.54, 1.807) is 11.5 Å². The first kappa shape index (κ1) is 12.9. The molecule has 98 valence electrons. The zero-order valence-electron chi connectivity index (χ0n) is 10.0. The highest BCUT2D eigenvalue weighted by Gasteiger charge is 2.15. The van der Waals surface area contributed by atoms with E-state index in [-0.39, 0.29) is 5.69 Å². The Labute approximate surface area is 107 Å². The van der Waals surface area contributed by atoms with Gasteiger partial charge in [0.2, 0.25) is 0 Å². The molecule has 5 nitrogen and oxygen atoms in total. The molecule has 0 amide bonds. The molecule has 0 aromatic carbocycles. The van der Waals surface area contributed by atoms with E-state index in [4.69, 9.17) is 12.2 Å². The van der Waals surface area contributed by atoms with Gasteiger partial charge in [-0.1, -0.05) is 0 Å². The second kappa shape index (κ2) is 4.97. The van der Waals surface area contributed by atoms with E-state index in [0.29, 0.717) is 29.4 Å². The molecule has 0 fully saturated rings. The Morgan fingerprint density at radius 3 is 2.78 bits per heavy atom. The third kappa shape index (κ3) is 2.33. The van der Waals surface area contributed by atoms with Gasteiger partial charge < -0.3 is 4.57 Å². The second-order valence-corrected chi connectivity index (χ2v) is 4.24. The molecule has 0 saturated heterocycles. The zero-order valence-corrected chi connectivity index (χ0v) is 10.8. The van der Waals surface area contributed by atoms with Crippen LogP contribution in [0.25, 0.3) is 0 Å². The Hall–Kier alpha value is -1.57. The van der Waals surface area contributed by atoms with Crippen LogP contribution in [0.1, 0.15) is 30.6 Å². The molecule has 0 aliphatic rings. The molecule has 0 aliphatic heterocycles. The third-order valence-corrected chi connectivity index (χ3v) is 2.98. The fraction of sp³-hybridized carbons (Fsp3) is 0.500. The average Bonchev–Trinajstić information content (AvgIpc) is 2.84. The number of hydrogen-bond acceptors (Lipinski definition) is 3. The maximum Gasteiger partial charge on any atom is 0.282 e. The Balaban J connectivity index is 2.31. The minimum atomic E-state index is -2.56. The van der Waals surface area contributed by atoms with E-state index >= 15 is 0 Å². The summed E-state index contributed by atoms with van der Waals surface area (Å²) in [5.74, 6) is 0.675. The van der Waals surface area contributed by atoms with Crippen LogP contribution in [0.2, 0.25) is 0 Å². The summed E-state index contributed by atoms with van der Waals surface area (Å²) >= 11 is 5.06. The van der Waals surface area contributed by atoms with E-state index in [1.807, 2.05) is 6.92 Å². The van der Waals surface area contributed by atoms with Crippen molar-refractivity contribution in [3.8, 4) is 0 Å². The number of H-pyrrole nitrogens is 1. The number of aryl methyl sites for hydroxylation is 1. The predicted molar refractivity (Wildman–Crippen MR) is 64.1 cm³/mol. The smallest absolute Gasteiger partial charge is 0.282 e. The second-order valence-electron chi connectivity index (χ2n) is 3.86. The fourth-order valence-corrected chi connectivity index (χ4v) is 2.01. The van der Waals surface area contributed by atoms with Gasteiger partial charge in [0.1, 0.15) is 12.2 Å². The topological polar surface area (TPSA) is 51.4 Å². The van der Waals surface area contributed by atoms with E-state index in [0.717, 1.165) is 0 Å². The number of nitrogens with one attached hydrogen (secondary N) is 1. The SMILES string of the molecule is CCn1c(Cn2nc(C(F)F)cc2C)n[nH]c1=S. The molecule has 0 spiro atoms. The quantitative estimate of drug-likeness (QED) is 0.871. The Kier molecular flexibility index (Phi) is 3.55. The van der Waals surface area contributed by atoms with Gasteiger partial charge in [0, 0.05) is 12.2 Å². The van der Waals surface area contributed by atoms with Gasteiger partial charge in [-0.05, 0) is 32.1 Å². The minimum Gasteiger partial charge on any atom is -0.303 e. The number of aromatic amines is 1. The van der Waals surface area contributed by atoms with E-state index in [2.05, 4.69) is 15.3 Å². The molecule has 0 bridgehead atoms. The van der Waals surface area contributed by atoms with Gasteiger partial charge in [-0.15, -0.1) is 0 Å². The van der Waals surface area contributed by atoms with Gasteiger partial charge in [0.15, 0.2) is 10.6 Å². The molecule has 0 saturated carbocycles. The normalized spacial score (nSPS) is 11.4. The van der Waals surface area contributed by atoms with Gasteiger partial charge in [-0.2, -0.15) is 10.2 Å². The molecule has 0 unspecified atom stereocenters. The number of aromatic nitrogens is 5. The van der Waals surface area contributed by atoms with Crippen LogP contribution in [-0.2, 0) is 13.1 Å². The van der Waals surface area contributed by atoms with Crippen molar-refractivity contribution in [1.82, 2.24) is 24.5 Å². The predicted octanol–water partition coefficient (Wildman–Crippen LogP) is 2.45. The van der Waals surface area contributed by atoms with Gasteiger partial charge in [0.05, 0.1) is 0 Å². The van der Waals surface area contributed by atoms with Crippen LogP contribution in [0.15, 0.2) is 6.07 Å². The molecule has 2 aromatic rings. The molecule has 2 heterocycles. The lowest BCUT2D eigenvalue weighted by Gasteiger charge is -2.05. The molecule has 0 aliphatic carbocycles. The lowest BCUT2D eigenvalue weighted by Crippen LogP contribution is -2.10. The van der Waals surface area contributed by atoms with Gasteiger partial charge in [0.25, 0.3) is 6.43 Å². The van der Waals surface area contributed by atoms with Crippen molar-refractivity contribution in [1.29, 1.82) is 0 Å². The molecular weight excluding hydrogens is 260 g/mol. The zero-order chi connectivity index (χ0) is 13.3. The summed E-state index contributed by atoms with van der Waals surface area (Å²) < 4.78 is 28.9. The molecule has 8 heteroatoms. The van der Waals surface area contributed by atoms with Crippen molar-refractivity contribution in [3.05, 3.63) is 28.0 Å². The summed E-state index contributed by atoms with van der Waals surface area (Å²) in [7, 11) is 0. The highest BCUT2D eigenvalue weighted by molar-refractivity contribution is 7.71. The van der Waals surface area contributed by atoms with Crippen molar-refractivity contribution >= 4 is 12.2 Å². The van der Waals surface area contributed by atoms with Crippen LogP contribution in [0.3, 0.4) is 0 Å². The standard InChI is InChI=1S/C10H13F2N5S/c1-3-16-8(13-14-10(16)18)5-17-6(2)4-7(15-17)9(11)12/h4,9H,3,5H2,1-2H3,(H,14,18). The lowest BCUT2D eigenvalue weighted by molar-refractivity contribution is 0.145. The van der Waals surface area contributed by atoms with Crippen molar-refractivity contribution in [2.75, 3.05) is 0 Å². The Bertz CT molecular complexity index is 598. The maximum atomic E-state index is 12.5. The molecule has 1 N–H and O–H groups in total. The lowest BCUT2D eigenvalue weighted by atomic mass is 10.4. The summed E-state index contributed by atoms with van der Waals surface area (Å²) in [4.78, 5) is 0. The number of hydrogen-bond donors (Lipinski definition) is 1. The Morgan fingerprint density at radius 2 is 2.22 bits per heavy atom. The molecule has 0 atom stereocenters. The van der Waals surface area contributed by atoms with Crippen molar-refractivity contribution in [2.24, 2.45) is 0 Å². The number of rotatable bonds is 4. The van der Waals surface area contributed by atoms with E-state index < -0.39 is 6.43 Å². The van der Waals surface area contributed by atoms with Crippen molar-refractivity contribution in [2.45, 2.75) is 33.4 Å². The van der Waals surface area contributed by atoms with Crippen molar-refractivity contribution < 1.29 is 8.78 Å². The fourth-order valence-electron chi connectivity index (χ4n) is 1.73. The van der Waals surface area contributed by atoms with E-state index in [1.165, 1.54) is 10.7 Å². The summed E-state index contributed by atoms with van der Waals surface area (Å²) in [5, 5.41) is 10.6. The molecule has 2 aromatic heterocycles. The minimum absolute atomic E-state index is 0.218. The van der Waals surface area contributed by atoms with Crippen LogP contribution in [0.5, 0.6) is 0 Å². The van der Waals surface area contributed by atoms with Crippen LogP contribution in [0.4, 0.5) is 8.78 Å². The first-order chi connectivity index (χ1) is 8.52.